The van der Waals surface area contributed by atoms with Crippen LogP contribution in [0.4, 0.5) is 20.2 Å². The Kier molecular flexibility index (Phi) is 3.08. The molecule has 1 heterocycles. The number of nitrogens with zero attached hydrogens (tertiary/aromatic N) is 1. The Morgan fingerprint density at radius 2 is 1.95 bits per heavy atom. The van der Waals surface area contributed by atoms with Crippen molar-refractivity contribution in [3.8, 4) is 0 Å². The van der Waals surface area contributed by atoms with E-state index in [9.17, 15) is 8.78 Å². The zero-order valence-corrected chi connectivity index (χ0v) is 11.3. The molecule has 20 heavy (non-hydrogen) atoms. The first-order valence-electron chi connectivity index (χ1n) is 6.62. The predicted molar refractivity (Wildman–Crippen MR) is 76.7 cm³/mol. The van der Waals surface area contributed by atoms with Crippen LogP contribution >= 0.6 is 0 Å². The second kappa shape index (κ2) is 4.78. The minimum absolute atomic E-state index is 0.562. The van der Waals surface area contributed by atoms with Gasteiger partial charge in [0.2, 0.25) is 0 Å². The van der Waals surface area contributed by atoms with Crippen molar-refractivity contribution in [1.29, 1.82) is 0 Å². The summed E-state index contributed by atoms with van der Waals surface area (Å²) in [5.74, 6) is -1.61. The average Bonchev–Trinajstić information content (AvgIpc) is 2.77. The molecule has 1 aliphatic heterocycles. The van der Waals surface area contributed by atoms with Crippen LogP contribution in [0.1, 0.15) is 16.7 Å². The normalized spacial score (nSPS) is 13.7. The third-order valence-electron chi connectivity index (χ3n) is 3.82. The van der Waals surface area contributed by atoms with E-state index in [1.807, 2.05) is 13.0 Å². The van der Waals surface area contributed by atoms with E-state index in [2.05, 4.69) is 11.0 Å². The van der Waals surface area contributed by atoms with Gasteiger partial charge in [-0.05, 0) is 48.2 Å². The van der Waals surface area contributed by atoms with Crippen LogP contribution in [-0.4, -0.2) is 6.54 Å². The van der Waals surface area contributed by atoms with E-state index in [0.717, 1.165) is 35.5 Å². The summed E-state index contributed by atoms with van der Waals surface area (Å²) in [5.41, 5.74) is 10.9. The molecule has 0 spiro atoms. The number of rotatable bonds is 2. The maximum atomic E-state index is 13.3. The highest BCUT2D eigenvalue weighted by Gasteiger charge is 2.20. The van der Waals surface area contributed by atoms with Crippen LogP contribution in [0.2, 0.25) is 0 Å². The lowest BCUT2D eigenvalue weighted by molar-refractivity contribution is 0.507. The van der Waals surface area contributed by atoms with Crippen LogP contribution in [0.3, 0.4) is 0 Å². The molecule has 2 aromatic rings. The molecule has 0 aliphatic carbocycles. The number of halogens is 2. The van der Waals surface area contributed by atoms with Gasteiger partial charge in [0.25, 0.3) is 0 Å². The van der Waals surface area contributed by atoms with Crippen molar-refractivity contribution in [2.45, 2.75) is 19.9 Å². The Balaban J connectivity index is 1.88. The SMILES string of the molecule is Cc1cc2c(cc1N)N(Cc1ccc(F)c(F)c1)CC2. The molecule has 0 amide bonds. The Hall–Kier alpha value is -2.10. The van der Waals surface area contributed by atoms with E-state index in [1.165, 1.54) is 17.7 Å². The molecule has 4 heteroatoms. The van der Waals surface area contributed by atoms with Gasteiger partial charge in [-0.3, -0.25) is 0 Å². The molecule has 1 aliphatic rings. The summed E-state index contributed by atoms with van der Waals surface area (Å²) in [4.78, 5) is 2.15. The lowest BCUT2D eigenvalue weighted by atomic mass is 10.1. The smallest absolute Gasteiger partial charge is 0.159 e. The maximum Gasteiger partial charge on any atom is 0.159 e. The lowest BCUT2D eigenvalue weighted by Gasteiger charge is -2.20. The molecule has 0 saturated heterocycles. The molecule has 2 N–H and O–H groups in total. The van der Waals surface area contributed by atoms with Crippen LogP contribution in [0.5, 0.6) is 0 Å². The van der Waals surface area contributed by atoms with Gasteiger partial charge < -0.3 is 10.6 Å². The van der Waals surface area contributed by atoms with Gasteiger partial charge in [-0.2, -0.15) is 0 Å². The summed E-state index contributed by atoms with van der Waals surface area (Å²) >= 11 is 0. The average molecular weight is 274 g/mol. The Labute approximate surface area is 116 Å². The third kappa shape index (κ3) is 2.22. The van der Waals surface area contributed by atoms with Gasteiger partial charge in [0.05, 0.1) is 0 Å². The fraction of sp³-hybridized carbons (Fsp3) is 0.250. The molecule has 0 saturated carbocycles. The van der Waals surface area contributed by atoms with E-state index < -0.39 is 11.6 Å². The van der Waals surface area contributed by atoms with Crippen molar-refractivity contribution >= 4 is 11.4 Å². The van der Waals surface area contributed by atoms with E-state index in [0.29, 0.717) is 6.54 Å². The molecule has 2 aromatic carbocycles. The van der Waals surface area contributed by atoms with Crippen molar-refractivity contribution < 1.29 is 8.78 Å². The van der Waals surface area contributed by atoms with Gasteiger partial charge in [-0.15, -0.1) is 0 Å². The second-order valence-corrected chi connectivity index (χ2v) is 5.26. The minimum Gasteiger partial charge on any atom is -0.398 e. The highest BCUT2D eigenvalue weighted by Crippen LogP contribution is 2.33. The molecular weight excluding hydrogens is 258 g/mol. The van der Waals surface area contributed by atoms with Crippen LogP contribution in [-0.2, 0) is 13.0 Å². The van der Waals surface area contributed by atoms with Gasteiger partial charge in [-0.1, -0.05) is 12.1 Å². The molecule has 0 atom stereocenters. The molecule has 0 aromatic heterocycles. The van der Waals surface area contributed by atoms with E-state index in [4.69, 9.17) is 5.73 Å². The summed E-state index contributed by atoms with van der Waals surface area (Å²) < 4.78 is 26.2. The highest BCUT2D eigenvalue weighted by molar-refractivity contribution is 5.67. The van der Waals surface area contributed by atoms with Crippen LogP contribution in [0.15, 0.2) is 30.3 Å². The number of nitrogens with two attached hydrogens (primary N) is 1. The van der Waals surface area contributed by atoms with Crippen LogP contribution in [0.25, 0.3) is 0 Å². The Morgan fingerprint density at radius 1 is 1.15 bits per heavy atom. The first-order valence-corrected chi connectivity index (χ1v) is 6.62. The van der Waals surface area contributed by atoms with Gasteiger partial charge in [0.1, 0.15) is 0 Å². The van der Waals surface area contributed by atoms with Gasteiger partial charge >= 0.3 is 0 Å². The zero-order valence-electron chi connectivity index (χ0n) is 11.3. The standard InChI is InChI=1S/C16H16F2N2/c1-10-6-12-4-5-20(16(12)8-15(10)19)9-11-2-3-13(17)14(18)7-11/h2-3,6-8H,4-5,9,19H2,1H3. The highest BCUT2D eigenvalue weighted by atomic mass is 19.2. The summed E-state index contributed by atoms with van der Waals surface area (Å²) in [6.07, 6.45) is 0.958. The third-order valence-corrected chi connectivity index (χ3v) is 3.82. The molecule has 0 radical (unpaired) electrons. The molecular formula is C16H16F2N2. The zero-order chi connectivity index (χ0) is 14.3. The van der Waals surface area contributed by atoms with Crippen molar-refractivity contribution in [2.24, 2.45) is 0 Å². The van der Waals surface area contributed by atoms with Crippen molar-refractivity contribution in [3.05, 3.63) is 58.7 Å². The number of benzene rings is 2. The van der Waals surface area contributed by atoms with E-state index >= 15 is 0 Å². The molecule has 3 rings (SSSR count). The fourth-order valence-corrected chi connectivity index (χ4v) is 2.67. The van der Waals surface area contributed by atoms with Gasteiger partial charge in [-0.25, -0.2) is 8.78 Å². The van der Waals surface area contributed by atoms with E-state index in [1.54, 1.807) is 6.07 Å². The summed E-state index contributed by atoms with van der Waals surface area (Å²) in [6, 6.07) is 8.12. The molecule has 0 bridgehead atoms. The summed E-state index contributed by atoms with van der Waals surface area (Å²) in [7, 11) is 0. The van der Waals surface area contributed by atoms with Crippen molar-refractivity contribution in [1.82, 2.24) is 0 Å². The Morgan fingerprint density at radius 3 is 2.70 bits per heavy atom. The molecule has 2 nitrogen and oxygen atoms in total. The number of hydrogen-bond donors (Lipinski definition) is 1. The van der Waals surface area contributed by atoms with Gasteiger partial charge in [0, 0.05) is 24.5 Å². The lowest BCUT2D eigenvalue weighted by Crippen LogP contribution is -2.19. The number of hydrogen-bond acceptors (Lipinski definition) is 2. The van der Waals surface area contributed by atoms with Crippen molar-refractivity contribution in [3.63, 3.8) is 0 Å². The number of aryl methyl sites for hydroxylation is 1. The first kappa shape index (κ1) is 12.9. The topological polar surface area (TPSA) is 29.3 Å². The largest absolute Gasteiger partial charge is 0.398 e. The molecule has 104 valence electrons. The number of nitrogen functional groups attached to an aromatic ring is 1. The monoisotopic (exact) mass is 274 g/mol. The Bertz CT molecular complexity index is 668. The predicted octanol–water partition coefficient (Wildman–Crippen LogP) is 3.42. The number of anilines is 2. The minimum atomic E-state index is -0.810. The quantitative estimate of drug-likeness (QED) is 0.850. The number of fused-ring (bicyclic) bond motifs is 1. The summed E-state index contributed by atoms with van der Waals surface area (Å²) in [6.45, 7) is 3.43. The molecule has 0 fully saturated rings. The second-order valence-electron chi connectivity index (χ2n) is 5.26. The van der Waals surface area contributed by atoms with E-state index in [-0.39, 0.29) is 0 Å². The van der Waals surface area contributed by atoms with Crippen LogP contribution < -0.4 is 10.6 Å². The first-order chi connectivity index (χ1) is 9.54. The van der Waals surface area contributed by atoms with Gasteiger partial charge in [0.15, 0.2) is 11.6 Å². The fourth-order valence-electron chi connectivity index (χ4n) is 2.67. The molecule has 0 unspecified atom stereocenters. The maximum absolute atomic E-state index is 13.3. The van der Waals surface area contributed by atoms with Crippen molar-refractivity contribution in [2.75, 3.05) is 17.2 Å². The van der Waals surface area contributed by atoms with Crippen LogP contribution in [0, 0.1) is 18.6 Å². The summed E-state index contributed by atoms with van der Waals surface area (Å²) in [5, 5.41) is 0.